The maximum atomic E-state index is 3.84. The van der Waals surface area contributed by atoms with Crippen LogP contribution >= 0.6 is 0 Å². The van der Waals surface area contributed by atoms with Gasteiger partial charge in [0.15, 0.2) is 0 Å². The Morgan fingerprint density at radius 1 is 0.893 bits per heavy atom. The second kappa shape index (κ2) is 10.9. The third kappa shape index (κ3) is 6.09. The van der Waals surface area contributed by atoms with Gasteiger partial charge < -0.3 is 0 Å². The molecule has 0 radical (unpaired) electrons. The molecule has 0 heteroatoms. The Bertz CT molecular complexity index is 774. The van der Waals surface area contributed by atoms with Gasteiger partial charge in [0, 0.05) is 5.92 Å². The first-order valence-corrected chi connectivity index (χ1v) is 10.9. The van der Waals surface area contributed by atoms with Gasteiger partial charge in [0.1, 0.15) is 0 Å². The largest absolute Gasteiger partial charge is 0.103 e. The lowest BCUT2D eigenvalue weighted by molar-refractivity contribution is 0.485. The molecule has 0 aromatic heterocycles. The second-order valence-electron chi connectivity index (χ2n) is 8.04. The van der Waals surface area contributed by atoms with Gasteiger partial charge in [-0.3, -0.25) is 0 Å². The zero-order valence-corrected chi connectivity index (χ0v) is 17.3. The number of hydrogen-bond donors (Lipinski definition) is 0. The van der Waals surface area contributed by atoms with Crippen molar-refractivity contribution in [3.05, 3.63) is 95.6 Å². The highest BCUT2D eigenvalue weighted by Gasteiger charge is 2.16. The van der Waals surface area contributed by atoms with Gasteiger partial charge in [-0.15, -0.1) is 6.58 Å². The standard InChI is InChI=1S/C28H34/c1-3-5-7-23-9-11-25(12-10-23)13-14-26-17-21-28(22-18-26)27-19-15-24(16-20-27)8-6-4-2/h4,9-15,17-19,21-22,24,27H,2-3,5-8,16,20H2,1H3/b14-13+. The lowest BCUT2D eigenvalue weighted by atomic mass is 9.82. The van der Waals surface area contributed by atoms with Crippen molar-refractivity contribution in [2.45, 2.75) is 57.8 Å². The van der Waals surface area contributed by atoms with E-state index in [4.69, 9.17) is 0 Å². The van der Waals surface area contributed by atoms with Crippen molar-refractivity contribution in [2.75, 3.05) is 0 Å². The van der Waals surface area contributed by atoms with Crippen LogP contribution in [0.25, 0.3) is 12.2 Å². The van der Waals surface area contributed by atoms with Gasteiger partial charge in [0.05, 0.1) is 0 Å². The summed E-state index contributed by atoms with van der Waals surface area (Å²) in [6.45, 7) is 6.08. The summed E-state index contributed by atoms with van der Waals surface area (Å²) in [6, 6.07) is 18.1. The van der Waals surface area contributed by atoms with E-state index in [1.165, 1.54) is 60.8 Å². The molecule has 0 spiro atoms. The summed E-state index contributed by atoms with van der Waals surface area (Å²) in [7, 11) is 0. The van der Waals surface area contributed by atoms with Crippen LogP contribution in [0.2, 0.25) is 0 Å². The van der Waals surface area contributed by atoms with E-state index in [2.05, 4.69) is 86.3 Å². The molecular weight excluding hydrogens is 336 g/mol. The normalized spacial score (nSPS) is 19.2. The number of unbranched alkanes of at least 4 members (excludes halogenated alkanes) is 1. The number of hydrogen-bond acceptors (Lipinski definition) is 0. The average molecular weight is 371 g/mol. The Morgan fingerprint density at radius 3 is 2.14 bits per heavy atom. The molecule has 0 nitrogen and oxygen atoms in total. The van der Waals surface area contributed by atoms with Crippen molar-refractivity contribution in [3.8, 4) is 0 Å². The van der Waals surface area contributed by atoms with Crippen LogP contribution in [0, 0.1) is 5.92 Å². The van der Waals surface area contributed by atoms with Gasteiger partial charge in [-0.05, 0) is 66.7 Å². The van der Waals surface area contributed by atoms with Crippen LogP contribution < -0.4 is 0 Å². The van der Waals surface area contributed by atoms with Gasteiger partial charge >= 0.3 is 0 Å². The van der Waals surface area contributed by atoms with Gasteiger partial charge in [0.25, 0.3) is 0 Å². The fourth-order valence-electron chi connectivity index (χ4n) is 3.95. The fourth-order valence-corrected chi connectivity index (χ4v) is 3.95. The topological polar surface area (TPSA) is 0 Å². The Kier molecular flexibility index (Phi) is 7.91. The quantitative estimate of drug-likeness (QED) is 0.308. The van der Waals surface area contributed by atoms with Gasteiger partial charge in [-0.2, -0.15) is 0 Å². The molecule has 0 saturated carbocycles. The first-order chi connectivity index (χ1) is 13.8. The predicted octanol–water partition coefficient (Wildman–Crippen LogP) is 8.22. The molecule has 146 valence electrons. The molecule has 1 aliphatic rings. The van der Waals surface area contributed by atoms with E-state index >= 15 is 0 Å². The molecule has 28 heavy (non-hydrogen) atoms. The molecule has 0 fully saturated rings. The summed E-state index contributed by atoms with van der Waals surface area (Å²) in [6.07, 6.45) is 20.0. The summed E-state index contributed by atoms with van der Waals surface area (Å²) in [4.78, 5) is 0. The van der Waals surface area contributed by atoms with Crippen molar-refractivity contribution >= 4 is 12.2 Å². The molecule has 3 rings (SSSR count). The van der Waals surface area contributed by atoms with E-state index in [1.54, 1.807) is 0 Å². The highest BCUT2D eigenvalue weighted by Crippen LogP contribution is 2.32. The average Bonchev–Trinajstić information content (AvgIpc) is 2.76. The molecule has 0 heterocycles. The number of aryl methyl sites for hydroxylation is 1. The number of allylic oxidation sites excluding steroid dienone is 3. The maximum absolute atomic E-state index is 3.84. The monoisotopic (exact) mass is 370 g/mol. The van der Waals surface area contributed by atoms with E-state index in [0.29, 0.717) is 5.92 Å². The fraction of sp³-hybridized carbons (Fsp3) is 0.357. The van der Waals surface area contributed by atoms with Crippen molar-refractivity contribution in [3.63, 3.8) is 0 Å². The van der Waals surface area contributed by atoms with Crippen molar-refractivity contribution in [1.29, 1.82) is 0 Å². The second-order valence-corrected chi connectivity index (χ2v) is 8.04. The smallest absolute Gasteiger partial charge is 0.00182 e. The number of benzene rings is 2. The molecule has 0 aliphatic heterocycles. The third-order valence-corrected chi connectivity index (χ3v) is 5.84. The lowest BCUT2D eigenvalue weighted by Gasteiger charge is -2.23. The Balaban J connectivity index is 1.56. The van der Waals surface area contributed by atoms with Gasteiger partial charge in [-0.25, -0.2) is 0 Å². The first-order valence-electron chi connectivity index (χ1n) is 10.9. The summed E-state index contributed by atoms with van der Waals surface area (Å²) in [5, 5.41) is 0. The van der Waals surface area contributed by atoms with E-state index in [0.717, 1.165) is 12.3 Å². The molecule has 2 atom stereocenters. The molecule has 2 aromatic carbocycles. The van der Waals surface area contributed by atoms with Crippen LogP contribution in [0.4, 0.5) is 0 Å². The highest BCUT2D eigenvalue weighted by molar-refractivity contribution is 5.69. The zero-order valence-electron chi connectivity index (χ0n) is 17.3. The van der Waals surface area contributed by atoms with Crippen LogP contribution in [-0.4, -0.2) is 0 Å². The minimum absolute atomic E-state index is 0.577. The van der Waals surface area contributed by atoms with Crippen LogP contribution in [0.3, 0.4) is 0 Å². The summed E-state index contributed by atoms with van der Waals surface area (Å²) < 4.78 is 0. The molecule has 2 unspecified atom stereocenters. The van der Waals surface area contributed by atoms with Crippen LogP contribution in [0.15, 0.2) is 73.3 Å². The van der Waals surface area contributed by atoms with E-state index in [-0.39, 0.29) is 0 Å². The van der Waals surface area contributed by atoms with Crippen molar-refractivity contribution < 1.29 is 0 Å². The van der Waals surface area contributed by atoms with Crippen LogP contribution in [-0.2, 0) is 6.42 Å². The molecule has 0 saturated heterocycles. The summed E-state index contributed by atoms with van der Waals surface area (Å²) >= 11 is 0. The predicted molar refractivity (Wildman–Crippen MR) is 124 cm³/mol. The summed E-state index contributed by atoms with van der Waals surface area (Å²) in [5.74, 6) is 1.32. The van der Waals surface area contributed by atoms with Crippen molar-refractivity contribution in [1.82, 2.24) is 0 Å². The lowest BCUT2D eigenvalue weighted by Crippen LogP contribution is -2.07. The van der Waals surface area contributed by atoms with Crippen molar-refractivity contribution in [2.24, 2.45) is 5.92 Å². The first kappa shape index (κ1) is 20.4. The zero-order chi connectivity index (χ0) is 19.6. The van der Waals surface area contributed by atoms with Crippen LogP contribution in [0.1, 0.15) is 73.6 Å². The Labute approximate surface area is 171 Å². The molecular formula is C28H34. The third-order valence-electron chi connectivity index (χ3n) is 5.84. The van der Waals surface area contributed by atoms with E-state index < -0.39 is 0 Å². The van der Waals surface area contributed by atoms with E-state index in [1.807, 2.05) is 6.08 Å². The molecule has 0 N–H and O–H groups in total. The SMILES string of the molecule is C=CCCC1C=CC(c2ccc(/C=C/c3ccc(CCCC)cc3)cc2)CC1. The minimum Gasteiger partial charge on any atom is -0.103 e. The van der Waals surface area contributed by atoms with Crippen LogP contribution in [0.5, 0.6) is 0 Å². The molecule has 2 aromatic rings. The van der Waals surface area contributed by atoms with Gasteiger partial charge in [0.2, 0.25) is 0 Å². The summed E-state index contributed by atoms with van der Waals surface area (Å²) in [5.41, 5.74) is 5.42. The Hall–Kier alpha value is -2.34. The van der Waals surface area contributed by atoms with E-state index in [9.17, 15) is 0 Å². The number of rotatable bonds is 9. The molecule has 0 amide bonds. The highest BCUT2D eigenvalue weighted by atomic mass is 14.2. The molecule has 0 bridgehead atoms. The molecule has 1 aliphatic carbocycles. The minimum atomic E-state index is 0.577. The maximum Gasteiger partial charge on any atom is 0.00182 e. The Morgan fingerprint density at radius 2 is 1.57 bits per heavy atom. The van der Waals surface area contributed by atoms with Gasteiger partial charge in [-0.1, -0.05) is 92.3 Å².